The molecule has 0 heterocycles. The van der Waals surface area contributed by atoms with Crippen molar-refractivity contribution in [3.8, 4) is 0 Å². The average Bonchev–Trinajstić information content (AvgIpc) is 2.29. The van der Waals surface area contributed by atoms with E-state index in [1.54, 1.807) is 4.90 Å². The quantitative estimate of drug-likeness (QED) is 0.796. The molecule has 98 valence electrons. The van der Waals surface area contributed by atoms with Crippen molar-refractivity contribution < 1.29 is 14.3 Å². The zero-order valence-corrected chi connectivity index (χ0v) is 10.1. The van der Waals surface area contributed by atoms with Crippen molar-refractivity contribution in [3.63, 3.8) is 0 Å². The van der Waals surface area contributed by atoms with Crippen molar-refractivity contribution in [2.45, 2.75) is 25.3 Å². The van der Waals surface area contributed by atoms with Crippen molar-refractivity contribution in [1.29, 1.82) is 0 Å². The molecule has 0 atom stereocenters. The first kappa shape index (κ1) is 12.8. The van der Waals surface area contributed by atoms with Crippen LogP contribution in [0.5, 0.6) is 0 Å². The molecular formula is C13H17FN2O2. The molecular weight excluding hydrogens is 235 g/mol. The van der Waals surface area contributed by atoms with Gasteiger partial charge in [0.25, 0.3) is 5.91 Å². The van der Waals surface area contributed by atoms with Crippen LogP contribution < -0.4 is 5.73 Å². The number of anilines is 1. The van der Waals surface area contributed by atoms with Gasteiger partial charge in [-0.25, -0.2) is 4.39 Å². The Bertz CT molecular complexity index is 447. The van der Waals surface area contributed by atoms with E-state index < -0.39 is 5.82 Å². The van der Waals surface area contributed by atoms with Crippen molar-refractivity contribution in [2.24, 2.45) is 0 Å². The third kappa shape index (κ3) is 2.31. The van der Waals surface area contributed by atoms with E-state index >= 15 is 0 Å². The number of hydrogen-bond acceptors (Lipinski definition) is 3. The summed E-state index contributed by atoms with van der Waals surface area (Å²) in [5, 5.41) is 9.03. The Morgan fingerprint density at radius 3 is 2.78 bits per heavy atom. The molecule has 1 aromatic rings. The smallest absolute Gasteiger partial charge is 0.256 e. The molecule has 1 aromatic carbocycles. The standard InChI is InChI=1S/C13H17FN2O2/c14-11-6-2-5-10(12(11)15)13(18)16(7-8-17)9-3-1-4-9/h2,5-6,9,17H,1,3-4,7-8,15H2. The first-order valence-electron chi connectivity index (χ1n) is 6.11. The first-order valence-corrected chi connectivity index (χ1v) is 6.11. The van der Waals surface area contributed by atoms with E-state index in [1.165, 1.54) is 18.2 Å². The Balaban J connectivity index is 2.24. The summed E-state index contributed by atoms with van der Waals surface area (Å²) in [4.78, 5) is 13.9. The lowest BCUT2D eigenvalue weighted by atomic mass is 9.91. The lowest BCUT2D eigenvalue weighted by molar-refractivity contribution is 0.0526. The van der Waals surface area contributed by atoms with Crippen LogP contribution in [-0.2, 0) is 0 Å². The van der Waals surface area contributed by atoms with Gasteiger partial charge in [-0.3, -0.25) is 4.79 Å². The molecule has 2 rings (SSSR count). The largest absolute Gasteiger partial charge is 0.396 e. The summed E-state index contributed by atoms with van der Waals surface area (Å²) in [6.07, 6.45) is 2.94. The number of hydrogen-bond donors (Lipinski definition) is 2. The van der Waals surface area contributed by atoms with Gasteiger partial charge in [0.15, 0.2) is 0 Å². The molecule has 0 aliphatic heterocycles. The second-order valence-electron chi connectivity index (χ2n) is 4.51. The molecule has 0 spiro atoms. The number of carbonyl (C=O) groups excluding carboxylic acids is 1. The number of carbonyl (C=O) groups is 1. The predicted molar refractivity (Wildman–Crippen MR) is 66.6 cm³/mol. The highest BCUT2D eigenvalue weighted by Crippen LogP contribution is 2.27. The SMILES string of the molecule is Nc1c(F)cccc1C(=O)N(CCO)C1CCC1. The van der Waals surface area contributed by atoms with Gasteiger partial charge in [0.2, 0.25) is 0 Å². The third-order valence-corrected chi connectivity index (χ3v) is 3.40. The number of aliphatic hydroxyl groups excluding tert-OH is 1. The maximum atomic E-state index is 13.3. The Labute approximate surface area is 105 Å². The molecule has 1 aliphatic rings. The number of para-hydroxylation sites is 1. The van der Waals surface area contributed by atoms with E-state index in [1.807, 2.05) is 0 Å². The van der Waals surface area contributed by atoms with Gasteiger partial charge >= 0.3 is 0 Å². The Hall–Kier alpha value is -1.62. The van der Waals surface area contributed by atoms with Crippen molar-refractivity contribution in [2.75, 3.05) is 18.9 Å². The minimum Gasteiger partial charge on any atom is -0.396 e. The number of rotatable bonds is 4. The minimum atomic E-state index is -0.585. The van der Waals surface area contributed by atoms with Crippen molar-refractivity contribution in [3.05, 3.63) is 29.6 Å². The number of nitrogens with two attached hydrogens (primary N) is 1. The van der Waals surface area contributed by atoms with Gasteiger partial charge in [-0.15, -0.1) is 0 Å². The van der Waals surface area contributed by atoms with Crippen molar-refractivity contribution in [1.82, 2.24) is 4.90 Å². The minimum absolute atomic E-state index is 0.0997. The van der Waals surface area contributed by atoms with Crippen LogP contribution >= 0.6 is 0 Å². The van der Waals surface area contributed by atoms with Gasteiger partial charge in [0.1, 0.15) is 5.82 Å². The molecule has 1 saturated carbocycles. The molecule has 0 radical (unpaired) electrons. The summed E-state index contributed by atoms with van der Waals surface area (Å²) < 4.78 is 13.3. The Kier molecular flexibility index (Phi) is 3.81. The summed E-state index contributed by atoms with van der Waals surface area (Å²) in [6.45, 7) is 0.164. The van der Waals surface area contributed by atoms with Gasteiger partial charge in [-0.1, -0.05) is 6.07 Å². The van der Waals surface area contributed by atoms with Crippen LogP contribution in [0.3, 0.4) is 0 Å². The van der Waals surface area contributed by atoms with Gasteiger partial charge in [0, 0.05) is 12.6 Å². The van der Waals surface area contributed by atoms with E-state index in [0.29, 0.717) is 0 Å². The Morgan fingerprint density at radius 1 is 1.50 bits per heavy atom. The summed E-state index contributed by atoms with van der Waals surface area (Å²) in [5.74, 6) is -0.885. The first-order chi connectivity index (χ1) is 8.65. The normalized spacial score (nSPS) is 15.2. The molecule has 5 heteroatoms. The van der Waals surface area contributed by atoms with E-state index in [4.69, 9.17) is 10.8 Å². The maximum Gasteiger partial charge on any atom is 0.256 e. The second-order valence-corrected chi connectivity index (χ2v) is 4.51. The van der Waals surface area contributed by atoms with Gasteiger partial charge in [0.05, 0.1) is 17.9 Å². The number of benzene rings is 1. The maximum absolute atomic E-state index is 13.3. The van der Waals surface area contributed by atoms with Gasteiger partial charge < -0.3 is 15.7 Å². The summed E-state index contributed by atoms with van der Waals surface area (Å²) in [6, 6.07) is 4.36. The number of nitrogen functional groups attached to an aromatic ring is 1. The summed E-state index contributed by atoms with van der Waals surface area (Å²) >= 11 is 0. The zero-order valence-electron chi connectivity index (χ0n) is 10.1. The van der Waals surface area contributed by atoms with Crippen LogP contribution in [-0.4, -0.2) is 35.1 Å². The van der Waals surface area contributed by atoms with Gasteiger partial charge in [-0.2, -0.15) is 0 Å². The number of aliphatic hydroxyl groups is 1. The molecule has 1 amide bonds. The number of halogens is 1. The van der Waals surface area contributed by atoms with Crippen molar-refractivity contribution >= 4 is 11.6 Å². The summed E-state index contributed by atoms with van der Waals surface area (Å²) in [7, 11) is 0. The highest BCUT2D eigenvalue weighted by atomic mass is 19.1. The highest BCUT2D eigenvalue weighted by Gasteiger charge is 2.30. The fourth-order valence-corrected chi connectivity index (χ4v) is 2.13. The molecule has 0 aromatic heterocycles. The molecule has 0 bridgehead atoms. The van der Waals surface area contributed by atoms with Gasteiger partial charge in [-0.05, 0) is 31.4 Å². The zero-order chi connectivity index (χ0) is 13.1. The monoisotopic (exact) mass is 252 g/mol. The van der Waals surface area contributed by atoms with Crippen LogP contribution in [0.4, 0.5) is 10.1 Å². The van der Waals surface area contributed by atoms with E-state index in [9.17, 15) is 9.18 Å². The summed E-state index contributed by atoms with van der Waals surface area (Å²) in [5.41, 5.74) is 5.65. The fraction of sp³-hybridized carbons (Fsp3) is 0.462. The predicted octanol–water partition coefficient (Wildman–Crippen LogP) is 1.39. The third-order valence-electron chi connectivity index (χ3n) is 3.40. The highest BCUT2D eigenvalue weighted by molar-refractivity contribution is 5.99. The number of nitrogens with zero attached hydrogens (tertiary/aromatic N) is 1. The Morgan fingerprint density at radius 2 is 2.22 bits per heavy atom. The molecule has 0 saturated heterocycles. The molecule has 4 nitrogen and oxygen atoms in total. The molecule has 1 fully saturated rings. The fourth-order valence-electron chi connectivity index (χ4n) is 2.13. The van der Waals surface area contributed by atoms with Crippen LogP contribution in [0.1, 0.15) is 29.6 Å². The van der Waals surface area contributed by atoms with E-state index in [0.717, 1.165) is 19.3 Å². The second kappa shape index (κ2) is 5.35. The van der Waals surface area contributed by atoms with E-state index in [2.05, 4.69) is 0 Å². The molecule has 0 unspecified atom stereocenters. The van der Waals surface area contributed by atoms with Crippen LogP contribution in [0, 0.1) is 5.82 Å². The van der Waals surface area contributed by atoms with Crippen LogP contribution in [0.2, 0.25) is 0 Å². The van der Waals surface area contributed by atoms with E-state index in [-0.39, 0.29) is 36.4 Å². The lowest BCUT2D eigenvalue weighted by Gasteiger charge is -2.37. The number of amides is 1. The average molecular weight is 252 g/mol. The van der Waals surface area contributed by atoms with Crippen LogP contribution in [0.15, 0.2) is 18.2 Å². The topological polar surface area (TPSA) is 66.6 Å². The molecule has 18 heavy (non-hydrogen) atoms. The molecule has 1 aliphatic carbocycles. The lowest BCUT2D eigenvalue weighted by Crippen LogP contribution is -2.45. The van der Waals surface area contributed by atoms with Crippen LogP contribution in [0.25, 0.3) is 0 Å². The molecule has 3 N–H and O–H groups in total.